The number of unbranched alkanes of at least 4 members (excludes halogenated alkanes) is 5. The largest absolute Gasteiger partial charge is 0.297 e. The maximum Gasteiger partial charge on any atom is 0.297 e. The zero-order valence-electron chi connectivity index (χ0n) is 12.2. The van der Waals surface area contributed by atoms with Crippen molar-refractivity contribution in [2.75, 3.05) is 5.75 Å². The lowest BCUT2D eigenvalue weighted by Crippen LogP contribution is -2.36. The molecule has 0 aromatic carbocycles. The Morgan fingerprint density at radius 1 is 1.06 bits per heavy atom. The number of thiazole rings is 1. The van der Waals surface area contributed by atoms with Gasteiger partial charge >= 0.3 is 0 Å². The van der Waals surface area contributed by atoms with E-state index in [9.17, 15) is 0 Å². The molecule has 0 bridgehead atoms. The van der Waals surface area contributed by atoms with Gasteiger partial charge in [-0.25, -0.2) is 0 Å². The van der Waals surface area contributed by atoms with Gasteiger partial charge in [0.25, 0.3) is 4.34 Å². The fourth-order valence-corrected chi connectivity index (χ4v) is 4.39. The van der Waals surface area contributed by atoms with E-state index in [0.717, 1.165) is 0 Å². The van der Waals surface area contributed by atoms with Gasteiger partial charge in [0, 0.05) is 19.1 Å². The number of hydrogen-bond acceptors (Lipinski definition) is 2. The Hall–Kier alpha value is -0.0200. The molecule has 0 aliphatic heterocycles. The molecule has 1 aromatic rings. The number of hydrogen-bond donors (Lipinski definition) is 0. The Labute approximate surface area is 121 Å². The van der Waals surface area contributed by atoms with Crippen molar-refractivity contribution in [2.45, 2.75) is 76.6 Å². The van der Waals surface area contributed by atoms with Crippen molar-refractivity contribution >= 4 is 23.1 Å². The number of aryl methyl sites for hydroxylation is 1. The first-order valence-corrected chi connectivity index (χ1v) is 9.26. The lowest BCUT2D eigenvalue weighted by atomic mass is 10.1. The standard InChI is InChI=1S/C15H28NS2/c1-4-6-8-9-10-11-16-14(3)13-18-15(16)17-12-7-5-2/h13H,4-12H2,1-3H3/q+1. The Kier molecular flexibility index (Phi) is 8.78. The third-order valence-electron chi connectivity index (χ3n) is 3.19. The van der Waals surface area contributed by atoms with Crippen LogP contribution in [0.1, 0.15) is 64.5 Å². The fraction of sp³-hybridized carbons (Fsp3) is 0.800. The quantitative estimate of drug-likeness (QED) is 0.324. The van der Waals surface area contributed by atoms with E-state index in [1.165, 1.54) is 67.3 Å². The van der Waals surface area contributed by atoms with Crippen LogP contribution in [-0.2, 0) is 6.54 Å². The lowest BCUT2D eigenvalue weighted by Gasteiger charge is -2.00. The molecule has 0 amide bonds. The van der Waals surface area contributed by atoms with Crippen LogP contribution in [0, 0.1) is 6.92 Å². The van der Waals surface area contributed by atoms with E-state index >= 15 is 0 Å². The number of thioether (sulfide) groups is 1. The molecule has 0 N–H and O–H groups in total. The van der Waals surface area contributed by atoms with Gasteiger partial charge in [-0.15, -0.1) is 0 Å². The maximum absolute atomic E-state index is 2.52. The molecule has 3 heteroatoms. The Morgan fingerprint density at radius 2 is 1.78 bits per heavy atom. The molecular formula is C15H28NS2+. The molecule has 1 rings (SSSR count). The smallest absolute Gasteiger partial charge is 0.181 e. The van der Waals surface area contributed by atoms with Crippen molar-refractivity contribution in [1.29, 1.82) is 0 Å². The van der Waals surface area contributed by atoms with E-state index in [0.29, 0.717) is 0 Å². The maximum atomic E-state index is 2.52. The van der Waals surface area contributed by atoms with E-state index in [1.54, 1.807) is 0 Å². The molecule has 0 aliphatic rings. The molecule has 104 valence electrons. The van der Waals surface area contributed by atoms with Gasteiger partial charge in [-0.05, 0) is 24.6 Å². The normalized spacial score (nSPS) is 11.1. The van der Waals surface area contributed by atoms with Gasteiger partial charge in [-0.2, -0.15) is 4.57 Å². The Balaban J connectivity index is 2.35. The summed E-state index contributed by atoms with van der Waals surface area (Å²) in [5, 5.41) is 2.31. The van der Waals surface area contributed by atoms with Crippen LogP contribution in [0.15, 0.2) is 9.72 Å². The summed E-state index contributed by atoms with van der Waals surface area (Å²) in [6.07, 6.45) is 9.48. The van der Waals surface area contributed by atoms with Gasteiger partial charge in [0.15, 0.2) is 12.2 Å². The van der Waals surface area contributed by atoms with Crippen molar-refractivity contribution in [2.24, 2.45) is 0 Å². The third-order valence-corrected chi connectivity index (χ3v) is 5.67. The van der Waals surface area contributed by atoms with E-state index in [4.69, 9.17) is 0 Å². The molecule has 1 heterocycles. The summed E-state index contributed by atoms with van der Waals surface area (Å²) >= 11 is 3.96. The topological polar surface area (TPSA) is 3.88 Å². The average molecular weight is 287 g/mol. The van der Waals surface area contributed by atoms with Crippen molar-refractivity contribution in [3.05, 3.63) is 11.1 Å². The Bertz CT molecular complexity index is 320. The minimum absolute atomic E-state index is 1.22. The first kappa shape index (κ1) is 16.0. The first-order valence-electron chi connectivity index (χ1n) is 7.40. The van der Waals surface area contributed by atoms with Crippen LogP contribution in [0.5, 0.6) is 0 Å². The second-order valence-electron chi connectivity index (χ2n) is 4.91. The SMILES string of the molecule is CCCCCCC[n+]1c(C)csc1SCCCC. The zero-order chi connectivity index (χ0) is 13.2. The van der Waals surface area contributed by atoms with Gasteiger partial charge in [-0.1, -0.05) is 50.9 Å². The van der Waals surface area contributed by atoms with Gasteiger partial charge in [0.05, 0.1) is 5.38 Å². The van der Waals surface area contributed by atoms with Crippen LogP contribution < -0.4 is 4.57 Å². The number of aromatic nitrogens is 1. The highest BCUT2D eigenvalue weighted by molar-refractivity contribution is 8.00. The summed E-state index contributed by atoms with van der Waals surface area (Å²) in [6.45, 7) is 8.00. The van der Waals surface area contributed by atoms with Crippen LogP contribution in [0.2, 0.25) is 0 Å². The van der Waals surface area contributed by atoms with Crippen molar-refractivity contribution in [3.63, 3.8) is 0 Å². The van der Waals surface area contributed by atoms with Crippen molar-refractivity contribution < 1.29 is 4.57 Å². The first-order chi connectivity index (χ1) is 8.79. The molecule has 0 saturated heterocycles. The molecule has 0 atom stereocenters. The van der Waals surface area contributed by atoms with Crippen molar-refractivity contribution in [1.82, 2.24) is 0 Å². The van der Waals surface area contributed by atoms with Gasteiger partial charge in [0.2, 0.25) is 0 Å². The fourth-order valence-electron chi connectivity index (χ4n) is 1.96. The van der Waals surface area contributed by atoms with Crippen LogP contribution in [-0.4, -0.2) is 5.75 Å². The number of nitrogens with zero attached hydrogens (tertiary/aromatic N) is 1. The molecule has 0 radical (unpaired) electrons. The van der Waals surface area contributed by atoms with E-state index in [2.05, 4.69) is 30.7 Å². The van der Waals surface area contributed by atoms with Crippen LogP contribution in [0.4, 0.5) is 0 Å². The molecule has 0 spiro atoms. The van der Waals surface area contributed by atoms with Crippen molar-refractivity contribution in [3.8, 4) is 0 Å². The minimum Gasteiger partial charge on any atom is -0.181 e. The van der Waals surface area contributed by atoms with E-state index < -0.39 is 0 Å². The highest BCUT2D eigenvalue weighted by Gasteiger charge is 2.16. The molecule has 0 saturated carbocycles. The predicted octanol–water partition coefficient (Wildman–Crippen LogP) is 5.21. The highest BCUT2D eigenvalue weighted by Crippen LogP contribution is 2.22. The molecule has 1 nitrogen and oxygen atoms in total. The highest BCUT2D eigenvalue weighted by atomic mass is 32.2. The summed E-state index contributed by atoms with van der Waals surface area (Å²) in [7, 11) is 0. The van der Waals surface area contributed by atoms with Crippen LogP contribution in [0.25, 0.3) is 0 Å². The number of rotatable bonds is 10. The van der Waals surface area contributed by atoms with Gasteiger partial charge < -0.3 is 0 Å². The predicted molar refractivity (Wildman–Crippen MR) is 83.6 cm³/mol. The van der Waals surface area contributed by atoms with E-state index in [-0.39, 0.29) is 0 Å². The van der Waals surface area contributed by atoms with Crippen LogP contribution in [0.3, 0.4) is 0 Å². The average Bonchev–Trinajstić information content (AvgIpc) is 2.71. The molecule has 18 heavy (non-hydrogen) atoms. The second kappa shape index (κ2) is 9.85. The third kappa shape index (κ3) is 5.75. The monoisotopic (exact) mass is 286 g/mol. The van der Waals surface area contributed by atoms with Gasteiger partial charge in [0.1, 0.15) is 0 Å². The second-order valence-corrected chi connectivity index (χ2v) is 7.11. The van der Waals surface area contributed by atoms with E-state index in [1.807, 2.05) is 23.1 Å². The molecular weight excluding hydrogens is 258 g/mol. The summed E-state index contributed by atoms with van der Waals surface area (Å²) in [5.41, 5.74) is 1.44. The molecule has 0 fully saturated rings. The molecule has 1 aromatic heterocycles. The summed E-state index contributed by atoms with van der Waals surface area (Å²) in [5.74, 6) is 1.27. The summed E-state index contributed by atoms with van der Waals surface area (Å²) < 4.78 is 4.04. The lowest BCUT2D eigenvalue weighted by molar-refractivity contribution is -0.732. The Morgan fingerprint density at radius 3 is 2.50 bits per heavy atom. The molecule has 0 aliphatic carbocycles. The summed E-state index contributed by atoms with van der Waals surface area (Å²) in [4.78, 5) is 0. The molecule has 0 unspecified atom stereocenters. The zero-order valence-corrected chi connectivity index (χ0v) is 13.8. The van der Waals surface area contributed by atoms with Gasteiger partial charge in [-0.3, -0.25) is 0 Å². The minimum atomic E-state index is 1.22. The van der Waals surface area contributed by atoms with Crippen LogP contribution >= 0.6 is 23.1 Å². The summed E-state index contributed by atoms with van der Waals surface area (Å²) in [6, 6.07) is 0.